The van der Waals surface area contributed by atoms with E-state index in [0.29, 0.717) is 19.3 Å². The van der Waals surface area contributed by atoms with Gasteiger partial charge in [-0.05, 0) is 154 Å². The van der Waals surface area contributed by atoms with E-state index < -0.39 is 91.5 Å². The van der Waals surface area contributed by atoms with Gasteiger partial charge in [-0.15, -0.1) is 0 Å². The van der Waals surface area contributed by atoms with Crippen LogP contribution in [-0.4, -0.2) is 95.9 Å². The molecule has 0 fully saturated rings. The van der Waals surface area contributed by atoms with Crippen LogP contribution in [0, 0.1) is 0 Å². The number of rotatable bonds is 87. The first-order valence-corrected chi connectivity index (χ1v) is 49.4. The molecule has 0 aromatic carbocycles. The maximum absolute atomic E-state index is 13.1. The molecule has 0 amide bonds. The van der Waals surface area contributed by atoms with Crippen molar-refractivity contribution >= 4 is 33.6 Å². The van der Waals surface area contributed by atoms with Crippen LogP contribution in [0.4, 0.5) is 0 Å². The minimum absolute atomic E-state index is 0.0798. The van der Waals surface area contributed by atoms with Crippen molar-refractivity contribution in [1.82, 2.24) is 0 Å². The number of carbonyl (C=O) groups excluding carboxylic acids is 3. The van der Waals surface area contributed by atoms with Crippen molar-refractivity contribution in [2.45, 2.75) is 399 Å². The first-order chi connectivity index (χ1) is 57.2. The molecule has 0 heterocycles. The molecule has 18 heteroatoms. The second kappa shape index (κ2) is 90.2. The second-order valence-corrected chi connectivity index (χ2v) is 33.6. The predicted molar refractivity (Wildman–Crippen MR) is 491 cm³/mol. The van der Waals surface area contributed by atoms with E-state index in [1.165, 1.54) is 148 Å². The van der Waals surface area contributed by atoms with E-state index in [1.807, 2.05) is 0 Å². The van der Waals surface area contributed by atoms with Gasteiger partial charge in [0, 0.05) is 19.3 Å². The average molecular weight is 1680 g/mol. The van der Waals surface area contributed by atoms with E-state index in [1.54, 1.807) is 0 Å². The molecule has 4 N–H and O–H groups in total. The Morgan fingerprint density at radius 1 is 0.248 bits per heavy atom. The Kier molecular flexibility index (Phi) is 86.2. The number of esters is 3. The molecule has 0 spiro atoms. The highest BCUT2D eigenvalue weighted by Gasteiger charge is 2.29. The Balaban J connectivity index is 4.60. The lowest BCUT2D eigenvalue weighted by atomic mass is 10.0. The number of phosphoric ester groups is 2. The third kappa shape index (κ3) is 91.5. The summed E-state index contributed by atoms with van der Waals surface area (Å²) in [6, 6.07) is 0. The predicted octanol–water partition coefficient (Wildman–Crippen LogP) is 28.7. The summed E-state index contributed by atoms with van der Waals surface area (Å²) in [5, 5.41) is 20.7. The number of carbonyl (C=O) groups is 3. The zero-order chi connectivity index (χ0) is 85.1. The highest BCUT2D eigenvalue weighted by molar-refractivity contribution is 7.47. The van der Waals surface area contributed by atoms with E-state index in [0.717, 1.165) is 173 Å². The van der Waals surface area contributed by atoms with Gasteiger partial charge >= 0.3 is 33.6 Å². The Hall–Kier alpha value is -5.09. The van der Waals surface area contributed by atoms with Crippen molar-refractivity contribution < 1.29 is 75.8 Å². The summed E-state index contributed by atoms with van der Waals surface area (Å²) in [5.74, 6) is -1.59. The maximum atomic E-state index is 13.1. The fourth-order valence-corrected chi connectivity index (χ4v) is 14.0. The lowest BCUT2D eigenvalue weighted by Gasteiger charge is -2.21. The summed E-state index contributed by atoms with van der Waals surface area (Å²) < 4.78 is 61.5. The second-order valence-electron chi connectivity index (χ2n) is 30.7. The molecule has 0 radical (unpaired) electrons. The molecule has 0 aliphatic heterocycles. The summed E-state index contributed by atoms with van der Waals surface area (Å²) in [5.41, 5.74) is 0. The van der Waals surface area contributed by atoms with Gasteiger partial charge in [-0.1, -0.05) is 377 Å². The summed E-state index contributed by atoms with van der Waals surface area (Å²) >= 11 is 0. The van der Waals surface area contributed by atoms with E-state index in [9.17, 15) is 43.5 Å². The van der Waals surface area contributed by atoms with Gasteiger partial charge in [0.2, 0.25) is 0 Å². The van der Waals surface area contributed by atoms with Gasteiger partial charge in [-0.3, -0.25) is 32.5 Å². The fraction of sp³-hybridized carbons (Fsp3) is 0.687. The first-order valence-electron chi connectivity index (χ1n) is 46.4. The van der Waals surface area contributed by atoms with Crippen molar-refractivity contribution in [2.75, 3.05) is 39.6 Å². The van der Waals surface area contributed by atoms with E-state index in [-0.39, 0.29) is 19.3 Å². The normalized spacial score (nSPS) is 14.6. The molecule has 0 rings (SSSR count). The van der Waals surface area contributed by atoms with Crippen LogP contribution < -0.4 is 0 Å². The Labute approximate surface area is 713 Å². The topological polar surface area (TPSA) is 231 Å². The Bertz CT molecular complexity index is 2810. The smallest absolute Gasteiger partial charge is 0.463 e. The van der Waals surface area contributed by atoms with Crippen molar-refractivity contribution in [3.63, 3.8) is 0 Å². The first kappa shape index (κ1) is 112. The van der Waals surface area contributed by atoms with Gasteiger partial charge in [0.1, 0.15) is 25.4 Å². The number of unbranched alkanes of at least 4 members (excludes halogenated alkanes) is 36. The molecule has 0 aliphatic carbocycles. The summed E-state index contributed by atoms with van der Waals surface area (Å²) in [6.07, 6.45) is 117. The zero-order valence-corrected chi connectivity index (χ0v) is 75.6. The molecule has 0 saturated carbocycles. The van der Waals surface area contributed by atoms with Crippen LogP contribution in [-0.2, 0) is 55.8 Å². The molecule has 117 heavy (non-hydrogen) atoms. The molecule has 670 valence electrons. The summed E-state index contributed by atoms with van der Waals surface area (Å²) in [7, 11) is -9.82. The van der Waals surface area contributed by atoms with Crippen LogP contribution in [0.3, 0.4) is 0 Å². The number of aliphatic hydroxyl groups excluding tert-OH is 2. The minimum Gasteiger partial charge on any atom is -0.463 e. The molecule has 5 unspecified atom stereocenters. The van der Waals surface area contributed by atoms with E-state index >= 15 is 0 Å². The number of aliphatic hydroxyl groups is 2. The van der Waals surface area contributed by atoms with E-state index in [4.69, 9.17) is 32.3 Å². The largest absolute Gasteiger partial charge is 0.472 e. The third-order valence-corrected chi connectivity index (χ3v) is 21.3. The molecule has 0 saturated heterocycles. The van der Waals surface area contributed by atoms with Crippen LogP contribution in [0.2, 0.25) is 0 Å². The van der Waals surface area contributed by atoms with Gasteiger partial charge in [0.05, 0.1) is 26.4 Å². The van der Waals surface area contributed by atoms with Crippen LogP contribution in [0.25, 0.3) is 0 Å². The van der Waals surface area contributed by atoms with Gasteiger partial charge in [0.25, 0.3) is 0 Å². The monoisotopic (exact) mass is 1680 g/mol. The average Bonchev–Trinajstić information content (AvgIpc) is 0.899. The van der Waals surface area contributed by atoms with Gasteiger partial charge in [-0.25, -0.2) is 9.13 Å². The van der Waals surface area contributed by atoms with Gasteiger partial charge < -0.3 is 34.2 Å². The van der Waals surface area contributed by atoms with Crippen LogP contribution >= 0.6 is 15.6 Å². The number of phosphoric acid groups is 2. The Morgan fingerprint density at radius 2 is 0.453 bits per heavy atom. The van der Waals surface area contributed by atoms with Crippen molar-refractivity contribution in [3.05, 3.63) is 170 Å². The third-order valence-electron chi connectivity index (χ3n) is 19.4. The zero-order valence-electron chi connectivity index (χ0n) is 73.8. The van der Waals surface area contributed by atoms with Gasteiger partial charge in [-0.2, -0.15) is 0 Å². The van der Waals surface area contributed by atoms with E-state index in [2.05, 4.69) is 191 Å². The quantitative estimate of drug-likeness (QED) is 0.0146. The highest BCUT2D eigenvalue weighted by atomic mass is 31.2. The number of hydrogen-bond acceptors (Lipinski definition) is 14. The van der Waals surface area contributed by atoms with Crippen LogP contribution in [0.1, 0.15) is 380 Å². The van der Waals surface area contributed by atoms with Crippen molar-refractivity contribution in [1.29, 1.82) is 0 Å². The molecular weight excluding hydrogens is 1510 g/mol. The number of ether oxygens (including phenoxy) is 3. The summed E-state index contributed by atoms with van der Waals surface area (Å²) in [6.45, 7) is 2.45. The van der Waals surface area contributed by atoms with Crippen molar-refractivity contribution in [2.24, 2.45) is 0 Å². The molecule has 0 bridgehead atoms. The minimum atomic E-state index is -4.95. The van der Waals surface area contributed by atoms with Crippen LogP contribution in [0.15, 0.2) is 170 Å². The lowest BCUT2D eigenvalue weighted by molar-refractivity contribution is -0.161. The molecule has 0 aromatic rings. The highest BCUT2D eigenvalue weighted by Crippen LogP contribution is 2.45. The molecule has 5 atom stereocenters. The number of hydrogen-bond donors (Lipinski definition) is 4. The SMILES string of the molecule is CC/C=C\C/C=C\C/C=C\C/C=C\C/C=C\CCCCCCCCCCCCCCCCCC(=O)OCC(O)COP(=O)(O)OCC(O)COP(=O)(O)OCC(COC(=O)CCCCCCCCCCCCCCC/C=C\C/C=C\C/C=C\C/C=C\C/C=C\CC)OC(=O)CCCCCCC/C=C\C/C=C\C/C=C\C/C=C\CCCCC. The van der Waals surface area contributed by atoms with Crippen LogP contribution in [0.5, 0.6) is 0 Å². The standard InChI is InChI=1S/C99H168O16P2/c1-4-7-10-13-16-19-22-25-28-31-34-37-39-41-43-45-46-48-50-51-53-56-58-61-64-67-70-73-76-79-82-85-97(102)109-88-94(100)89-111-116(105,106)112-90-95(101)91-113-117(107,108)114-93-96(115-99(104)87-84-81-78-75-72-69-66-63-60-55-36-33-30-27-24-21-18-15-12-9-6-3)92-110-98(103)86-83-80-77-74-71-68-65-62-59-57-54-52-49-47-44-42-40-38-35-32-29-26-23-20-17-14-11-8-5-2/h7-8,10-11,16-21,25-30,34-38,41-44,55,63,66,94-96,100-101H,4-6,9,12-15,22-24,31-33,39-40,45-54,56-62,64-65,67-93H2,1-3H3,(H,105,106)(H,107,108)/b10-7-,11-8-,19-16-,20-17-,21-18-,28-25-,29-26-,30-27-,37-34-,38-35-,43-41-,44-42-,55-36-,66-63-. The molecule has 16 nitrogen and oxygen atoms in total. The Morgan fingerprint density at radius 3 is 0.718 bits per heavy atom. The van der Waals surface area contributed by atoms with Gasteiger partial charge in [0.15, 0.2) is 6.10 Å². The molecular formula is C99H168O16P2. The molecule has 0 aromatic heterocycles. The summed E-state index contributed by atoms with van der Waals surface area (Å²) in [4.78, 5) is 59.0. The number of allylic oxidation sites excluding steroid dienone is 28. The maximum Gasteiger partial charge on any atom is 0.472 e. The fourth-order valence-electron chi connectivity index (χ4n) is 12.4. The van der Waals surface area contributed by atoms with Crippen molar-refractivity contribution in [3.8, 4) is 0 Å². The molecule has 0 aliphatic rings. The lowest BCUT2D eigenvalue weighted by Crippen LogP contribution is -2.30.